The van der Waals surface area contributed by atoms with E-state index in [2.05, 4.69) is 25.6 Å². The molecule has 0 aliphatic heterocycles. The molecule has 31 heavy (non-hydrogen) atoms. The van der Waals surface area contributed by atoms with Gasteiger partial charge in [-0.2, -0.15) is 0 Å². The van der Waals surface area contributed by atoms with E-state index in [-0.39, 0.29) is 24.0 Å². The molecule has 0 spiro atoms. The molecule has 0 aliphatic carbocycles. The van der Waals surface area contributed by atoms with E-state index in [1.54, 1.807) is 21.3 Å². The lowest BCUT2D eigenvalue weighted by Crippen LogP contribution is -2.38. The molecule has 0 radical (unpaired) electrons. The van der Waals surface area contributed by atoms with Gasteiger partial charge in [0.1, 0.15) is 5.82 Å². The first-order valence-corrected chi connectivity index (χ1v) is 9.93. The predicted octanol–water partition coefficient (Wildman–Crippen LogP) is 3.50. The van der Waals surface area contributed by atoms with Crippen molar-refractivity contribution in [1.29, 1.82) is 0 Å². The molecule has 2 aromatic carbocycles. The molecular formula is C22H30IN5O3. The molecule has 3 N–H and O–H groups in total. The average molecular weight is 539 g/mol. The number of aromatic amines is 1. The van der Waals surface area contributed by atoms with E-state index in [1.165, 1.54) is 0 Å². The number of benzene rings is 2. The van der Waals surface area contributed by atoms with Gasteiger partial charge < -0.3 is 29.8 Å². The molecule has 0 aliphatic rings. The molecule has 0 fully saturated rings. The number of guanidine groups is 1. The van der Waals surface area contributed by atoms with Gasteiger partial charge in [0, 0.05) is 19.5 Å². The summed E-state index contributed by atoms with van der Waals surface area (Å²) in [7, 11) is 4.80. The summed E-state index contributed by atoms with van der Waals surface area (Å²) < 4.78 is 16.2. The Kier molecular flexibility index (Phi) is 9.70. The number of fused-ring (bicyclic) bond motifs is 1. The van der Waals surface area contributed by atoms with Gasteiger partial charge in [0.25, 0.3) is 0 Å². The van der Waals surface area contributed by atoms with Gasteiger partial charge in [-0.05, 0) is 36.8 Å². The van der Waals surface area contributed by atoms with Crippen LogP contribution in [0, 0.1) is 0 Å². The van der Waals surface area contributed by atoms with E-state index in [9.17, 15) is 0 Å². The van der Waals surface area contributed by atoms with E-state index in [1.807, 2.05) is 43.3 Å². The third-order valence-electron chi connectivity index (χ3n) is 4.58. The number of hydrogen-bond acceptors (Lipinski definition) is 5. The molecule has 1 heterocycles. The van der Waals surface area contributed by atoms with Gasteiger partial charge in [0.15, 0.2) is 17.5 Å². The summed E-state index contributed by atoms with van der Waals surface area (Å²) in [6, 6.07) is 11.8. The minimum absolute atomic E-state index is 0. The highest BCUT2D eigenvalue weighted by atomic mass is 127. The van der Waals surface area contributed by atoms with Crippen LogP contribution in [0.15, 0.2) is 41.4 Å². The highest BCUT2D eigenvalue weighted by molar-refractivity contribution is 14.0. The van der Waals surface area contributed by atoms with Crippen molar-refractivity contribution in [3.05, 3.63) is 47.8 Å². The number of halogens is 1. The van der Waals surface area contributed by atoms with Crippen LogP contribution in [0.2, 0.25) is 0 Å². The molecule has 3 aromatic rings. The van der Waals surface area contributed by atoms with Crippen LogP contribution in [0.5, 0.6) is 17.2 Å². The lowest BCUT2D eigenvalue weighted by molar-refractivity contribution is 0.324. The Bertz CT molecular complexity index is 948. The van der Waals surface area contributed by atoms with Crippen molar-refractivity contribution in [3.8, 4) is 17.2 Å². The number of H-pyrrole nitrogens is 1. The van der Waals surface area contributed by atoms with Crippen LogP contribution in [0.3, 0.4) is 0 Å². The summed E-state index contributed by atoms with van der Waals surface area (Å²) in [6.07, 6.45) is 0.767. The minimum atomic E-state index is 0. The second kappa shape index (κ2) is 12.2. The van der Waals surface area contributed by atoms with E-state index < -0.39 is 0 Å². The monoisotopic (exact) mass is 539 g/mol. The lowest BCUT2D eigenvalue weighted by Gasteiger charge is -2.14. The SMILES string of the molecule is CCNC(=NCc1cc(OC)c(OC)c(OC)c1)NCCc1nc2ccccc2[nH]1.I. The molecule has 0 atom stereocenters. The van der Waals surface area contributed by atoms with Crippen LogP contribution in [-0.2, 0) is 13.0 Å². The molecule has 0 saturated carbocycles. The number of nitrogens with one attached hydrogen (secondary N) is 3. The summed E-state index contributed by atoms with van der Waals surface area (Å²) in [6.45, 7) is 3.99. The molecule has 0 unspecified atom stereocenters. The Hall–Kier alpha value is -2.69. The Morgan fingerprint density at radius 2 is 1.74 bits per heavy atom. The maximum Gasteiger partial charge on any atom is 0.203 e. The fraction of sp³-hybridized carbons (Fsp3) is 0.364. The van der Waals surface area contributed by atoms with Gasteiger partial charge >= 0.3 is 0 Å². The van der Waals surface area contributed by atoms with Gasteiger partial charge in [-0.25, -0.2) is 9.98 Å². The molecule has 0 bridgehead atoms. The number of para-hydroxylation sites is 2. The predicted molar refractivity (Wildman–Crippen MR) is 134 cm³/mol. The number of imidazole rings is 1. The third-order valence-corrected chi connectivity index (χ3v) is 4.58. The summed E-state index contributed by atoms with van der Waals surface area (Å²) in [4.78, 5) is 12.6. The normalized spacial score (nSPS) is 11.0. The van der Waals surface area contributed by atoms with Crippen LogP contribution in [0.25, 0.3) is 11.0 Å². The molecule has 3 rings (SSSR count). The molecular weight excluding hydrogens is 509 g/mol. The first kappa shape index (κ1) is 24.6. The summed E-state index contributed by atoms with van der Waals surface area (Å²) in [5, 5.41) is 6.62. The first-order valence-electron chi connectivity index (χ1n) is 9.93. The largest absolute Gasteiger partial charge is 0.493 e. The number of nitrogens with zero attached hydrogens (tertiary/aromatic N) is 2. The van der Waals surface area contributed by atoms with Gasteiger partial charge in [-0.3, -0.25) is 0 Å². The minimum Gasteiger partial charge on any atom is -0.493 e. The van der Waals surface area contributed by atoms with Crippen molar-refractivity contribution in [3.63, 3.8) is 0 Å². The number of rotatable bonds is 9. The molecule has 8 nitrogen and oxygen atoms in total. The fourth-order valence-corrected chi connectivity index (χ4v) is 3.16. The van der Waals surface area contributed by atoms with E-state index >= 15 is 0 Å². The smallest absolute Gasteiger partial charge is 0.203 e. The zero-order chi connectivity index (χ0) is 21.3. The summed E-state index contributed by atoms with van der Waals surface area (Å²) in [5.41, 5.74) is 2.99. The van der Waals surface area contributed by atoms with Gasteiger partial charge in [-0.1, -0.05) is 12.1 Å². The second-order valence-corrected chi connectivity index (χ2v) is 6.61. The Morgan fingerprint density at radius 1 is 1.03 bits per heavy atom. The Balaban J connectivity index is 0.00000341. The lowest BCUT2D eigenvalue weighted by atomic mass is 10.2. The van der Waals surface area contributed by atoms with Crippen molar-refractivity contribution in [1.82, 2.24) is 20.6 Å². The first-order chi connectivity index (χ1) is 14.7. The van der Waals surface area contributed by atoms with Crippen LogP contribution < -0.4 is 24.8 Å². The number of hydrogen-bond donors (Lipinski definition) is 3. The molecule has 168 valence electrons. The number of aliphatic imine (C=N–C) groups is 1. The van der Waals surface area contributed by atoms with Crippen molar-refractivity contribution in [2.45, 2.75) is 19.9 Å². The van der Waals surface area contributed by atoms with E-state index in [0.29, 0.717) is 30.3 Å². The number of ether oxygens (including phenoxy) is 3. The van der Waals surface area contributed by atoms with Crippen LogP contribution in [0.1, 0.15) is 18.3 Å². The summed E-state index contributed by atoms with van der Waals surface area (Å²) in [5.74, 6) is 3.49. The standard InChI is InChI=1S/C22H29N5O3.HI/c1-5-23-22(24-11-10-20-26-16-8-6-7-9-17(16)27-20)25-14-15-12-18(28-2)21(30-4)19(13-15)29-3;/h6-9,12-13H,5,10-11,14H2,1-4H3,(H,26,27)(H2,23,24,25);1H. The quantitative estimate of drug-likeness (QED) is 0.219. The maximum absolute atomic E-state index is 5.42. The second-order valence-electron chi connectivity index (χ2n) is 6.61. The topological polar surface area (TPSA) is 92.8 Å². The molecule has 1 aromatic heterocycles. The average Bonchev–Trinajstić information content (AvgIpc) is 3.19. The van der Waals surface area contributed by atoms with Crippen molar-refractivity contribution in [2.75, 3.05) is 34.4 Å². The number of methoxy groups -OCH3 is 3. The zero-order valence-corrected chi connectivity index (χ0v) is 20.7. The molecule has 0 saturated heterocycles. The van der Waals surface area contributed by atoms with Crippen LogP contribution >= 0.6 is 24.0 Å². The highest BCUT2D eigenvalue weighted by Crippen LogP contribution is 2.38. The van der Waals surface area contributed by atoms with Crippen molar-refractivity contribution < 1.29 is 14.2 Å². The van der Waals surface area contributed by atoms with E-state index in [4.69, 9.17) is 14.2 Å². The fourth-order valence-electron chi connectivity index (χ4n) is 3.16. The summed E-state index contributed by atoms with van der Waals surface area (Å²) >= 11 is 0. The van der Waals surface area contributed by atoms with Crippen LogP contribution in [0.4, 0.5) is 0 Å². The molecule has 0 amide bonds. The van der Waals surface area contributed by atoms with Crippen LogP contribution in [-0.4, -0.2) is 50.3 Å². The third kappa shape index (κ3) is 6.39. The van der Waals surface area contributed by atoms with Gasteiger partial charge in [-0.15, -0.1) is 24.0 Å². The van der Waals surface area contributed by atoms with Gasteiger partial charge in [0.05, 0.1) is 38.9 Å². The molecule has 9 heteroatoms. The zero-order valence-electron chi connectivity index (χ0n) is 18.3. The van der Waals surface area contributed by atoms with Crippen molar-refractivity contribution >= 4 is 41.0 Å². The highest BCUT2D eigenvalue weighted by Gasteiger charge is 2.13. The van der Waals surface area contributed by atoms with Crippen molar-refractivity contribution in [2.24, 2.45) is 4.99 Å². The Morgan fingerprint density at radius 3 is 2.35 bits per heavy atom. The maximum atomic E-state index is 5.42. The van der Waals surface area contributed by atoms with Gasteiger partial charge in [0.2, 0.25) is 5.75 Å². The Labute approximate surface area is 199 Å². The van der Waals surface area contributed by atoms with E-state index in [0.717, 1.165) is 41.3 Å². The number of aromatic nitrogens is 2.